The Morgan fingerprint density at radius 3 is 2.69 bits per heavy atom. The molecule has 6 N–H and O–H groups in total. The van der Waals surface area contributed by atoms with E-state index in [1.807, 2.05) is 0 Å². The molecule has 0 bridgehead atoms. The second-order valence-electron chi connectivity index (χ2n) is 5.41. The van der Waals surface area contributed by atoms with Crippen molar-refractivity contribution in [1.29, 1.82) is 0 Å². The van der Waals surface area contributed by atoms with Gasteiger partial charge in [-0.25, -0.2) is 4.79 Å². The van der Waals surface area contributed by atoms with Gasteiger partial charge in [-0.2, -0.15) is 0 Å². The summed E-state index contributed by atoms with van der Waals surface area (Å²) >= 11 is 1.31. The fraction of sp³-hybridized carbons (Fsp3) is 0.188. The first-order chi connectivity index (χ1) is 12.4. The first kappa shape index (κ1) is 17.5. The minimum absolute atomic E-state index is 0.123. The predicted molar refractivity (Wildman–Crippen MR) is 97.5 cm³/mol. The van der Waals surface area contributed by atoms with Crippen molar-refractivity contribution in [2.45, 2.75) is 6.92 Å². The highest BCUT2D eigenvalue weighted by Crippen LogP contribution is 2.43. The van der Waals surface area contributed by atoms with Crippen LogP contribution in [0, 0.1) is 0 Å². The molecule has 0 fully saturated rings. The van der Waals surface area contributed by atoms with Crippen LogP contribution in [0.4, 0.5) is 10.5 Å². The molecular formula is C16H16N4O5S. The van der Waals surface area contributed by atoms with Crippen LogP contribution in [0.25, 0.3) is 20.4 Å². The van der Waals surface area contributed by atoms with E-state index >= 15 is 0 Å². The summed E-state index contributed by atoms with van der Waals surface area (Å²) in [5, 5.41) is 5.78. The van der Waals surface area contributed by atoms with E-state index in [1.165, 1.54) is 18.3 Å². The van der Waals surface area contributed by atoms with Crippen LogP contribution in [-0.4, -0.2) is 31.0 Å². The number of furan rings is 1. The van der Waals surface area contributed by atoms with Gasteiger partial charge in [0.25, 0.3) is 5.91 Å². The summed E-state index contributed by atoms with van der Waals surface area (Å²) in [6.07, 6.45) is 0. The molecule has 10 heteroatoms. The van der Waals surface area contributed by atoms with Crippen molar-refractivity contribution in [2.24, 2.45) is 11.5 Å². The van der Waals surface area contributed by atoms with Crippen molar-refractivity contribution in [3.8, 4) is 5.75 Å². The summed E-state index contributed by atoms with van der Waals surface area (Å²) in [5.41, 5.74) is 11.1. The third-order valence-electron chi connectivity index (χ3n) is 3.49. The number of ether oxygens (including phenoxy) is 1. The van der Waals surface area contributed by atoms with Gasteiger partial charge in [-0.1, -0.05) is 0 Å². The summed E-state index contributed by atoms with van der Waals surface area (Å²) in [7, 11) is 0. The number of urea groups is 1. The van der Waals surface area contributed by atoms with Crippen LogP contribution in [0.15, 0.2) is 22.6 Å². The van der Waals surface area contributed by atoms with Gasteiger partial charge < -0.3 is 31.3 Å². The Kier molecular flexibility index (Phi) is 4.67. The minimum atomic E-state index is -0.824. The molecule has 3 rings (SSSR count). The molecule has 0 saturated heterocycles. The highest BCUT2D eigenvalue weighted by molar-refractivity contribution is 7.26. The van der Waals surface area contributed by atoms with Gasteiger partial charge in [-0.3, -0.25) is 9.59 Å². The maximum atomic E-state index is 11.5. The normalized spacial score (nSPS) is 10.8. The molecule has 4 amide bonds. The molecule has 0 aliphatic rings. The lowest BCUT2D eigenvalue weighted by molar-refractivity contribution is -0.119. The molecule has 2 heterocycles. The SMILES string of the molecule is CC(=O)NCCOc1ccc2c(c1)sc1c(NC(N)=O)c(C(N)=O)oc12. The first-order valence-corrected chi connectivity index (χ1v) is 8.41. The number of thiophene rings is 1. The number of rotatable bonds is 6. The molecule has 26 heavy (non-hydrogen) atoms. The third kappa shape index (κ3) is 3.40. The lowest BCUT2D eigenvalue weighted by atomic mass is 10.2. The second-order valence-corrected chi connectivity index (χ2v) is 6.46. The number of amides is 4. The van der Waals surface area contributed by atoms with Gasteiger partial charge in [0.1, 0.15) is 18.0 Å². The number of nitrogens with one attached hydrogen (secondary N) is 2. The van der Waals surface area contributed by atoms with Gasteiger partial charge >= 0.3 is 6.03 Å². The third-order valence-corrected chi connectivity index (χ3v) is 4.64. The molecular weight excluding hydrogens is 360 g/mol. The minimum Gasteiger partial charge on any atom is -0.492 e. The van der Waals surface area contributed by atoms with E-state index < -0.39 is 11.9 Å². The number of hydrogen-bond acceptors (Lipinski definition) is 6. The molecule has 3 aromatic rings. The van der Waals surface area contributed by atoms with Crippen molar-refractivity contribution in [3.05, 3.63) is 24.0 Å². The monoisotopic (exact) mass is 376 g/mol. The Labute approximate surface area is 151 Å². The number of benzene rings is 1. The zero-order valence-electron chi connectivity index (χ0n) is 13.8. The van der Waals surface area contributed by atoms with Crippen molar-refractivity contribution in [2.75, 3.05) is 18.5 Å². The Bertz CT molecular complexity index is 1020. The van der Waals surface area contributed by atoms with Crippen molar-refractivity contribution < 1.29 is 23.5 Å². The Morgan fingerprint density at radius 1 is 1.27 bits per heavy atom. The van der Waals surface area contributed by atoms with Gasteiger partial charge in [-0.15, -0.1) is 11.3 Å². The van der Waals surface area contributed by atoms with E-state index in [0.717, 1.165) is 10.1 Å². The summed E-state index contributed by atoms with van der Waals surface area (Å²) in [6, 6.07) is 4.51. The molecule has 136 valence electrons. The molecule has 0 atom stereocenters. The van der Waals surface area contributed by atoms with Crippen molar-refractivity contribution >= 4 is 55.2 Å². The molecule has 0 unspecified atom stereocenters. The van der Waals surface area contributed by atoms with Gasteiger partial charge in [0, 0.05) is 17.0 Å². The molecule has 0 aliphatic carbocycles. The standard InChI is InChI=1S/C16H16N4O5S/c1-7(21)19-4-5-24-8-2-3-9-10(6-8)26-14-11(20-16(18)23)13(15(17)22)25-12(9)14/h2-3,6H,4-5H2,1H3,(H2,17,22)(H,19,21)(H3,18,20,23). The maximum Gasteiger partial charge on any atom is 0.316 e. The van der Waals surface area contributed by atoms with Gasteiger partial charge in [0.05, 0.1) is 11.2 Å². The largest absolute Gasteiger partial charge is 0.492 e. The molecule has 0 radical (unpaired) electrons. The van der Waals surface area contributed by atoms with E-state index in [1.54, 1.807) is 18.2 Å². The van der Waals surface area contributed by atoms with Crippen LogP contribution < -0.4 is 26.8 Å². The first-order valence-electron chi connectivity index (χ1n) is 7.59. The van der Waals surface area contributed by atoms with E-state index in [0.29, 0.717) is 29.2 Å². The van der Waals surface area contributed by atoms with E-state index in [-0.39, 0.29) is 17.4 Å². The summed E-state index contributed by atoms with van der Waals surface area (Å²) in [4.78, 5) is 33.6. The Balaban J connectivity index is 1.94. The van der Waals surface area contributed by atoms with Crippen molar-refractivity contribution in [1.82, 2.24) is 5.32 Å². The highest BCUT2D eigenvalue weighted by Gasteiger charge is 2.23. The predicted octanol–water partition coefficient (Wildman–Crippen LogP) is 1.75. The van der Waals surface area contributed by atoms with Crippen LogP contribution in [0.3, 0.4) is 0 Å². The van der Waals surface area contributed by atoms with E-state index in [2.05, 4.69) is 10.6 Å². The fourth-order valence-corrected chi connectivity index (χ4v) is 3.63. The summed E-state index contributed by atoms with van der Waals surface area (Å²) in [5.74, 6) is -0.459. The number of nitrogens with two attached hydrogens (primary N) is 2. The van der Waals surface area contributed by atoms with Gasteiger partial charge in [0.15, 0.2) is 5.58 Å². The summed E-state index contributed by atoms with van der Waals surface area (Å²) in [6.45, 7) is 2.16. The highest BCUT2D eigenvalue weighted by atomic mass is 32.1. The van der Waals surface area contributed by atoms with Crippen LogP contribution in [-0.2, 0) is 4.79 Å². The molecule has 0 aliphatic heterocycles. The lowest BCUT2D eigenvalue weighted by Crippen LogP contribution is -2.25. The summed E-state index contributed by atoms with van der Waals surface area (Å²) < 4.78 is 12.5. The molecule has 0 saturated carbocycles. The topological polar surface area (TPSA) is 150 Å². The fourth-order valence-electron chi connectivity index (χ4n) is 2.47. The number of carbonyl (C=O) groups is 3. The molecule has 2 aromatic heterocycles. The van der Waals surface area contributed by atoms with Gasteiger partial charge in [-0.05, 0) is 18.2 Å². The number of anilines is 1. The number of carbonyl (C=O) groups excluding carboxylic acids is 3. The molecule has 1 aromatic carbocycles. The van der Waals surface area contributed by atoms with E-state index in [4.69, 9.17) is 20.6 Å². The number of fused-ring (bicyclic) bond motifs is 3. The van der Waals surface area contributed by atoms with Crippen molar-refractivity contribution in [3.63, 3.8) is 0 Å². The zero-order valence-corrected chi connectivity index (χ0v) is 14.6. The van der Waals surface area contributed by atoms with E-state index in [9.17, 15) is 14.4 Å². The average Bonchev–Trinajstić information content (AvgIpc) is 3.07. The van der Waals surface area contributed by atoms with Crippen LogP contribution in [0.1, 0.15) is 17.5 Å². The molecule has 0 spiro atoms. The number of primary amides is 2. The van der Waals surface area contributed by atoms with Crippen LogP contribution >= 0.6 is 11.3 Å². The second kappa shape index (κ2) is 6.92. The van der Waals surface area contributed by atoms with Crippen LogP contribution in [0.5, 0.6) is 5.75 Å². The quantitative estimate of drug-likeness (QED) is 0.483. The van der Waals surface area contributed by atoms with Crippen LogP contribution in [0.2, 0.25) is 0 Å². The van der Waals surface area contributed by atoms with Gasteiger partial charge in [0.2, 0.25) is 11.7 Å². The molecule has 9 nitrogen and oxygen atoms in total. The Morgan fingerprint density at radius 2 is 2.04 bits per heavy atom. The maximum absolute atomic E-state index is 11.5. The Hall–Kier alpha value is -3.27. The smallest absolute Gasteiger partial charge is 0.316 e. The average molecular weight is 376 g/mol. The number of hydrogen-bond donors (Lipinski definition) is 4. The lowest BCUT2D eigenvalue weighted by Gasteiger charge is -2.06. The zero-order chi connectivity index (χ0) is 18.8.